The van der Waals surface area contributed by atoms with Crippen LogP contribution in [-0.2, 0) is 7.05 Å². The number of imidazole rings is 1. The second kappa shape index (κ2) is 7.57. The van der Waals surface area contributed by atoms with Crippen molar-refractivity contribution in [1.29, 1.82) is 0 Å². The smallest absolute Gasteiger partial charge is 0.318 e. The first kappa shape index (κ1) is 17.3. The van der Waals surface area contributed by atoms with E-state index in [-0.39, 0.29) is 12.1 Å². The second-order valence-electron chi connectivity index (χ2n) is 6.29. The number of aliphatic hydroxyl groups excluding tert-OH is 1. The number of nitrogens with one attached hydrogen (secondary N) is 1. The highest BCUT2D eigenvalue weighted by molar-refractivity contribution is 5.75. The van der Waals surface area contributed by atoms with E-state index >= 15 is 0 Å². The number of rotatable bonds is 4. The average molecular weight is 344 g/mol. The number of piperidine rings is 1. The largest absolute Gasteiger partial charge is 0.497 e. The molecule has 2 amide bonds. The Morgan fingerprint density at radius 2 is 2.16 bits per heavy atom. The molecule has 2 aromatic rings. The van der Waals surface area contributed by atoms with Crippen LogP contribution in [0.4, 0.5) is 4.79 Å². The summed E-state index contributed by atoms with van der Waals surface area (Å²) >= 11 is 0. The normalized spacial score (nSPS) is 18.7. The van der Waals surface area contributed by atoms with Crippen molar-refractivity contribution < 1.29 is 14.6 Å². The van der Waals surface area contributed by atoms with Gasteiger partial charge >= 0.3 is 6.03 Å². The summed E-state index contributed by atoms with van der Waals surface area (Å²) in [4.78, 5) is 18.8. The number of urea groups is 1. The molecule has 2 N–H and O–H groups in total. The van der Waals surface area contributed by atoms with E-state index in [1.54, 1.807) is 18.2 Å². The van der Waals surface area contributed by atoms with Crippen molar-refractivity contribution in [2.45, 2.75) is 25.0 Å². The third-order valence-corrected chi connectivity index (χ3v) is 4.52. The van der Waals surface area contributed by atoms with Crippen molar-refractivity contribution in [3.05, 3.63) is 48.0 Å². The topological polar surface area (TPSA) is 79.6 Å². The fourth-order valence-electron chi connectivity index (χ4n) is 3.10. The van der Waals surface area contributed by atoms with Gasteiger partial charge in [-0.05, 0) is 30.5 Å². The predicted octanol–water partition coefficient (Wildman–Crippen LogP) is 1.68. The molecule has 134 valence electrons. The van der Waals surface area contributed by atoms with Gasteiger partial charge in [0.05, 0.1) is 13.2 Å². The number of hydrogen-bond donors (Lipinski definition) is 2. The van der Waals surface area contributed by atoms with E-state index in [1.807, 2.05) is 42.1 Å². The lowest BCUT2D eigenvalue weighted by atomic mass is 10.1. The van der Waals surface area contributed by atoms with E-state index in [2.05, 4.69) is 10.3 Å². The maximum absolute atomic E-state index is 12.7. The van der Waals surface area contributed by atoms with Crippen LogP contribution in [0.1, 0.15) is 30.3 Å². The van der Waals surface area contributed by atoms with E-state index in [1.165, 1.54) is 0 Å². The summed E-state index contributed by atoms with van der Waals surface area (Å²) in [6.45, 7) is 1.01. The minimum Gasteiger partial charge on any atom is -0.497 e. The van der Waals surface area contributed by atoms with Crippen LogP contribution in [0.5, 0.6) is 5.75 Å². The van der Waals surface area contributed by atoms with E-state index in [9.17, 15) is 9.90 Å². The van der Waals surface area contributed by atoms with E-state index in [0.29, 0.717) is 13.1 Å². The van der Waals surface area contributed by atoms with Gasteiger partial charge in [-0.25, -0.2) is 9.78 Å². The molecule has 1 aromatic heterocycles. The summed E-state index contributed by atoms with van der Waals surface area (Å²) in [6.07, 6.45) is 4.66. The Morgan fingerprint density at radius 3 is 2.76 bits per heavy atom. The lowest BCUT2D eigenvalue weighted by molar-refractivity contribution is 0.0836. The monoisotopic (exact) mass is 344 g/mol. The van der Waals surface area contributed by atoms with Crippen LogP contribution in [0.2, 0.25) is 0 Å². The number of methoxy groups -OCH3 is 1. The van der Waals surface area contributed by atoms with Gasteiger partial charge in [0.1, 0.15) is 17.6 Å². The van der Waals surface area contributed by atoms with Crippen LogP contribution in [0, 0.1) is 0 Å². The number of ether oxygens (including phenoxy) is 1. The van der Waals surface area contributed by atoms with Gasteiger partial charge in [0.2, 0.25) is 0 Å². The summed E-state index contributed by atoms with van der Waals surface area (Å²) in [6, 6.07) is 7.00. The first-order valence-electron chi connectivity index (χ1n) is 8.43. The lowest BCUT2D eigenvalue weighted by Gasteiger charge is -2.31. The highest BCUT2D eigenvalue weighted by atomic mass is 16.5. The lowest BCUT2D eigenvalue weighted by Crippen LogP contribution is -2.48. The van der Waals surface area contributed by atoms with Crippen LogP contribution in [0.15, 0.2) is 36.7 Å². The third kappa shape index (κ3) is 3.93. The van der Waals surface area contributed by atoms with Gasteiger partial charge in [-0.3, -0.25) is 0 Å². The number of nitrogens with zero attached hydrogens (tertiary/aromatic N) is 3. The molecular weight excluding hydrogens is 320 g/mol. The molecule has 0 saturated carbocycles. The number of hydrogen-bond acceptors (Lipinski definition) is 4. The summed E-state index contributed by atoms with van der Waals surface area (Å²) in [5.41, 5.74) is 0.918. The SMILES string of the molecule is COc1ccc(C(NC(=O)N2CCCC(O)C2)c2nccn2C)cc1. The van der Waals surface area contributed by atoms with Crippen molar-refractivity contribution in [3.8, 4) is 5.75 Å². The highest BCUT2D eigenvalue weighted by Gasteiger charge is 2.26. The summed E-state index contributed by atoms with van der Waals surface area (Å²) in [7, 11) is 3.52. The molecule has 1 saturated heterocycles. The number of aryl methyl sites for hydroxylation is 1. The summed E-state index contributed by atoms with van der Waals surface area (Å²) in [5, 5.41) is 12.9. The molecule has 7 nitrogen and oxygen atoms in total. The van der Waals surface area contributed by atoms with Gasteiger partial charge in [0.15, 0.2) is 0 Å². The molecule has 2 heterocycles. The zero-order valence-corrected chi connectivity index (χ0v) is 14.6. The Kier molecular flexibility index (Phi) is 5.23. The fraction of sp³-hybridized carbons (Fsp3) is 0.444. The fourth-order valence-corrected chi connectivity index (χ4v) is 3.10. The number of carbonyl (C=O) groups excluding carboxylic acids is 1. The number of aliphatic hydroxyl groups is 1. The Bertz CT molecular complexity index is 713. The quantitative estimate of drug-likeness (QED) is 0.884. The van der Waals surface area contributed by atoms with Crippen molar-refractivity contribution in [3.63, 3.8) is 0 Å². The zero-order chi connectivity index (χ0) is 17.8. The van der Waals surface area contributed by atoms with Gasteiger partial charge < -0.3 is 24.6 Å². The molecule has 25 heavy (non-hydrogen) atoms. The number of likely N-dealkylation sites (tertiary alicyclic amines) is 1. The van der Waals surface area contributed by atoms with E-state index in [4.69, 9.17) is 4.74 Å². The molecule has 7 heteroatoms. The Morgan fingerprint density at radius 1 is 1.40 bits per heavy atom. The van der Waals surface area contributed by atoms with Crippen molar-refractivity contribution >= 4 is 6.03 Å². The van der Waals surface area contributed by atoms with Gasteiger partial charge in [0, 0.05) is 32.5 Å². The molecule has 1 aliphatic heterocycles. The van der Waals surface area contributed by atoms with Crippen molar-refractivity contribution in [2.75, 3.05) is 20.2 Å². The summed E-state index contributed by atoms with van der Waals surface area (Å²) < 4.78 is 7.10. The first-order valence-corrected chi connectivity index (χ1v) is 8.43. The van der Waals surface area contributed by atoms with Crippen LogP contribution in [-0.4, -0.2) is 51.9 Å². The maximum atomic E-state index is 12.7. The number of aromatic nitrogens is 2. The van der Waals surface area contributed by atoms with E-state index in [0.717, 1.165) is 30.0 Å². The van der Waals surface area contributed by atoms with Gasteiger partial charge in [-0.15, -0.1) is 0 Å². The Balaban J connectivity index is 1.83. The molecular formula is C18H24N4O3. The van der Waals surface area contributed by atoms with E-state index < -0.39 is 6.10 Å². The average Bonchev–Trinajstić information content (AvgIpc) is 3.05. The molecule has 0 bridgehead atoms. The van der Waals surface area contributed by atoms with Crippen molar-refractivity contribution in [1.82, 2.24) is 19.8 Å². The molecule has 0 spiro atoms. The molecule has 2 unspecified atom stereocenters. The molecule has 0 aliphatic carbocycles. The molecule has 3 rings (SSSR count). The van der Waals surface area contributed by atoms with Gasteiger partial charge in [-0.1, -0.05) is 12.1 Å². The number of benzene rings is 1. The summed E-state index contributed by atoms with van der Waals surface area (Å²) in [5.74, 6) is 1.50. The van der Waals surface area contributed by atoms with Gasteiger partial charge in [0.25, 0.3) is 0 Å². The zero-order valence-electron chi connectivity index (χ0n) is 14.6. The molecule has 0 radical (unpaired) electrons. The molecule has 2 atom stereocenters. The minimum atomic E-state index is -0.452. The van der Waals surface area contributed by atoms with Crippen LogP contribution in [0.3, 0.4) is 0 Å². The predicted molar refractivity (Wildman–Crippen MR) is 93.4 cm³/mol. The van der Waals surface area contributed by atoms with Crippen LogP contribution in [0.25, 0.3) is 0 Å². The van der Waals surface area contributed by atoms with Crippen LogP contribution < -0.4 is 10.1 Å². The number of β-amino-alcohol motifs (C(OH)–C–C–N with tert-alkyl or cyclic N) is 1. The third-order valence-electron chi connectivity index (χ3n) is 4.52. The maximum Gasteiger partial charge on any atom is 0.318 e. The Labute approximate surface area is 147 Å². The Hall–Kier alpha value is -2.54. The molecule has 1 aliphatic rings. The number of amides is 2. The van der Waals surface area contributed by atoms with Gasteiger partial charge in [-0.2, -0.15) is 0 Å². The highest BCUT2D eigenvalue weighted by Crippen LogP contribution is 2.23. The number of carbonyl (C=O) groups is 1. The second-order valence-corrected chi connectivity index (χ2v) is 6.29. The van der Waals surface area contributed by atoms with Crippen molar-refractivity contribution in [2.24, 2.45) is 7.05 Å². The standard InChI is InChI=1S/C18H24N4O3/c1-21-11-9-19-17(21)16(13-5-7-15(25-2)8-6-13)20-18(24)22-10-3-4-14(23)12-22/h5-9,11,14,16,23H,3-4,10,12H2,1-2H3,(H,20,24). The van der Waals surface area contributed by atoms with Crippen LogP contribution >= 0.6 is 0 Å². The first-order chi connectivity index (χ1) is 12.1. The minimum absolute atomic E-state index is 0.192. The molecule has 1 aromatic carbocycles. The molecule has 1 fully saturated rings.